The third-order valence-corrected chi connectivity index (χ3v) is 7.37. The Bertz CT molecular complexity index is 1250. The van der Waals surface area contributed by atoms with Crippen LogP contribution in [0.1, 0.15) is 45.9 Å². The van der Waals surface area contributed by atoms with E-state index in [1.165, 1.54) is 21.1 Å². The van der Waals surface area contributed by atoms with Crippen molar-refractivity contribution in [1.29, 1.82) is 0 Å². The number of amides is 2. The number of rotatable bonds is 4. The van der Waals surface area contributed by atoms with Crippen LogP contribution in [0.4, 0.5) is 0 Å². The maximum absolute atomic E-state index is 12.8. The minimum atomic E-state index is -3.66. The van der Waals surface area contributed by atoms with Gasteiger partial charge >= 0.3 is 5.91 Å². The maximum Gasteiger partial charge on any atom is 0.305 e. The second kappa shape index (κ2) is 8.20. The summed E-state index contributed by atoms with van der Waals surface area (Å²) in [6.07, 6.45) is 4.07. The van der Waals surface area contributed by atoms with Crippen LogP contribution >= 0.6 is 0 Å². The number of para-hydroxylation sites is 1. The molecule has 2 amide bonds. The van der Waals surface area contributed by atoms with Crippen LogP contribution in [0.15, 0.2) is 45.8 Å². The molecule has 1 aliphatic rings. The molecule has 1 fully saturated rings. The molecule has 0 atom stereocenters. The number of fused-ring (bicyclic) bond motifs is 1. The number of hydrogen-bond acceptors (Lipinski definition) is 5. The number of carbonyl (C=O) groups is 2. The molecule has 2 N–H and O–H groups in total. The highest BCUT2D eigenvalue weighted by Gasteiger charge is 2.28. The Hall–Kier alpha value is -3.11. The van der Waals surface area contributed by atoms with E-state index in [2.05, 4.69) is 10.9 Å². The Kier molecular flexibility index (Phi) is 5.59. The van der Waals surface area contributed by atoms with E-state index in [-0.39, 0.29) is 16.3 Å². The van der Waals surface area contributed by atoms with Gasteiger partial charge < -0.3 is 8.98 Å². The minimum Gasteiger partial charge on any atom is -0.451 e. The number of sulfonamides is 1. The van der Waals surface area contributed by atoms with Gasteiger partial charge in [-0.05, 0) is 31.9 Å². The van der Waals surface area contributed by atoms with Gasteiger partial charge in [0.1, 0.15) is 16.2 Å². The normalized spacial score (nSPS) is 15.2. The predicted octanol–water partition coefficient (Wildman–Crippen LogP) is 2.33. The van der Waals surface area contributed by atoms with Gasteiger partial charge in [-0.25, -0.2) is 8.42 Å². The van der Waals surface area contributed by atoms with Crippen molar-refractivity contribution in [3.05, 3.63) is 53.5 Å². The molecule has 4 rings (SSSR count). The smallest absolute Gasteiger partial charge is 0.305 e. The van der Waals surface area contributed by atoms with Gasteiger partial charge in [-0.1, -0.05) is 24.6 Å². The minimum absolute atomic E-state index is 0.0569. The molecule has 31 heavy (non-hydrogen) atoms. The summed E-state index contributed by atoms with van der Waals surface area (Å²) in [4.78, 5) is 25.1. The van der Waals surface area contributed by atoms with Crippen LogP contribution in [-0.2, 0) is 17.1 Å². The standard InChI is InChI=1S/C21H24N4O5S/c1-14-16-8-4-5-9-18(16)30-19(14)21(27)23-22-20(26)17-12-15(13-24(17)2)31(28,29)25-10-6-3-7-11-25/h4-5,8-9,12-13H,3,6-7,10-11H2,1-2H3,(H,22,26)(H,23,27). The van der Waals surface area contributed by atoms with E-state index in [9.17, 15) is 18.0 Å². The highest BCUT2D eigenvalue weighted by Crippen LogP contribution is 2.25. The molecule has 3 aromatic rings. The number of aromatic nitrogens is 1. The molecule has 164 valence electrons. The van der Waals surface area contributed by atoms with E-state index >= 15 is 0 Å². The average molecular weight is 445 g/mol. The molecule has 1 aliphatic heterocycles. The van der Waals surface area contributed by atoms with Gasteiger partial charge in [-0.15, -0.1) is 0 Å². The summed E-state index contributed by atoms with van der Waals surface area (Å²) in [6, 6.07) is 8.57. The molecule has 0 saturated carbocycles. The summed E-state index contributed by atoms with van der Waals surface area (Å²) < 4.78 is 34.1. The number of aryl methyl sites for hydroxylation is 2. The number of nitrogens with one attached hydrogen (secondary N) is 2. The van der Waals surface area contributed by atoms with Gasteiger partial charge in [0.05, 0.1) is 0 Å². The Labute approximate surface area is 180 Å². The van der Waals surface area contributed by atoms with E-state index in [0.717, 1.165) is 24.6 Å². The van der Waals surface area contributed by atoms with E-state index in [1.54, 1.807) is 26.1 Å². The fraction of sp³-hybridized carbons (Fsp3) is 0.333. The van der Waals surface area contributed by atoms with Crippen LogP contribution in [0.5, 0.6) is 0 Å². The highest BCUT2D eigenvalue weighted by atomic mass is 32.2. The number of carbonyl (C=O) groups excluding carboxylic acids is 2. The topological polar surface area (TPSA) is 114 Å². The fourth-order valence-corrected chi connectivity index (χ4v) is 5.37. The Morgan fingerprint density at radius 2 is 1.71 bits per heavy atom. The summed E-state index contributed by atoms with van der Waals surface area (Å²) in [5.41, 5.74) is 6.01. The molecule has 0 radical (unpaired) electrons. The Morgan fingerprint density at radius 1 is 1.03 bits per heavy atom. The highest BCUT2D eigenvalue weighted by molar-refractivity contribution is 7.89. The summed E-state index contributed by atoms with van der Waals surface area (Å²) in [5.74, 6) is -1.14. The van der Waals surface area contributed by atoms with E-state index < -0.39 is 21.8 Å². The van der Waals surface area contributed by atoms with Crippen molar-refractivity contribution in [3.8, 4) is 0 Å². The molecule has 0 aliphatic carbocycles. The fourth-order valence-electron chi connectivity index (χ4n) is 3.78. The second-order valence-corrected chi connectivity index (χ2v) is 9.54. The first-order chi connectivity index (χ1) is 14.8. The molecule has 1 aromatic carbocycles. The zero-order valence-corrected chi connectivity index (χ0v) is 18.2. The lowest BCUT2D eigenvalue weighted by molar-refractivity contribution is 0.0827. The maximum atomic E-state index is 12.8. The Balaban J connectivity index is 1.47. The molecule has 0 bridgehead atoms. The van der Waals surface area contributed by atoms with Gasteiger partial charge in [0, 0.05) is 37.3 Å². The predicted molar refractivity (Wildman–Crippen MR) is 114 cm³/mol. The van der Waals surface area contributed by atoms with Crippen molar-refractivity contribution in [2.45, 2.75) is 31.1 Å². The first-order valence-electron chi connectivity index (χ1n) is 10.0. The van der Waals surface area contributed by atoms with Gasteiger partial charge in [-0.3, -0.25) is 20.4 Å². The number of piperidine rings is 1. The summed E-state index contributed by atoms with van der Waals surface area (Å²) in [6.45, 7) is 2.72. The molecule has 0 unspecified atom stereocenters. The van der Waals surface area contributed by atoms with Crippen molar-refractivity contribution in [2.75, 3.05) is 13.1 Å². The molecular formula is C21H24N4O5S. The number of hydrazine groups is 1. The summed E-state index contributed by atoms with van der Waals surface area (Å²) in [5, 5.41) is 0.814. The third kappa shape index (κ3) is 3.96. The Morgan fingerprint density at radius 3 is 2.42 bits per heavy atom. The number of furan rings is 1. The second-order valence-electron chi connectivity index (χ2n) is 7.60. The van der Waals surface area contributed by atoms with Crippen molar-refractivity contribution >= 4 is 32.8 Å². The molecule has 1 saturated heterocycles. The molecule has 3 heterocycles. The SMILES string of the molecule is Cc1c(C(=O)NNC(=O)c2cc(S(=O)(=O)N3CCCCC3)cn2C)oc2ccccc12. The van der Waals surface area contributed by atoms with Crippen LogP contribution in [-0.4, -0.2) is 42.2 Å². The zero-order chi connectivity index (χ0) is 22.2. The first-order valence-corrected chi connectivity index (χ1v) is 11.5. The molecule has 2 aromatic heterocycles. The quantitative estimate of drug-likeness (QED) is 0.600. The van der Waals surface area contributed by atoms with Gasteiger partial charge in [0.15, 0.2) is 5.76 Å². The first kappa shape index (κ1) is 21.1. The van der Waals surface area contributed by atoms with Crippen LogP contribution in [0, 0.1) is 6.92 Å². The van der Waals surface area contributed by atoms with E-state index in [1.807, 2.05) is 12.1 Å². The van der Waals surface area contributed by atoms with Crippen molar-refractivity contribution in [1.82, 2.24) is 19.7 Å². The van der Waals surface area contributed by atoms with Crippen LogP contribution in [0.2, 0.25) is 0 Å². The van der Waals surface area contributed by atoms with Gasteiger partial charge in [0.25, 0.3) is 5.91 Å². The lowest BCUT2D eigenvalue weighted by Gasteiger charge is -2.25. The molecular weight excluding hydrogens is 420 g/mol. The van der Waals surface area contributed by atoms with Gasteiger partial charge in [-0.2, -0.15) is 4.31 Å². The lowest BCUT2D eigenvalue weighted by atomic mass is 10.1. The van der Waals surface area contributed by atoms with Crippen molar-refractivity contribution in [2.24, 2.45) is 7.05 Å². The molecule has 10 heteroatoms. The zero-order valence-electron chi connectivity index (χ0n) is 17.3. The van der Waals surface area contributed by atoms with Crippen molar-refractivity contribution < 1.29 is 22.4 Å². The largest absolute Gasteiger partial charge is 0.451 e. The summed E-state index contributed by atoms with van der Waals surface area (Å²) >= 11 is 0. The van der Waals surface area contributed by atoms with E-state index in [0.29, 0.717) is 24.2 Å². The number of benzene rings is 1. The summed E-state index contributed by atoms with van der Waals surface area (Å²) in [7, 11) is -2.08. The third-order valence-electron chi connectivity index (χ3n) is 5.50. The van der Waals surface area contributed by atoms with Crippen LogP contribution in [0.3, 0.4) is 0 Å². The lowest BCUT2D eigenvalue weighted by Crippen LogP contribution is -2.42. The number of hydrogen-bond donors (Lipinski definition) is 2. The number of nitrogens with zero attached hydrogens (tertiary/aromatic N) is 2. The van der Waals surface area contributed by atoms with Crippen LogP contribution in [0.25, 0.3) is 11.0 Å². The van der Waals surface area contributed by atoms with Gasteiger partial charge in [0.2, 0.25) is 10.0 Å². The molecule has 9 nitrogen and oxygen atoms in total. The van der Waals surface area contributed by atoms with Crippen LogP contribution < -0.4 is 10.9 Å². The van der Waals surface area contributed by atoms with Crippen molar-refractivity contribution in [3.63, 3.8) is 0 Å². The van der Waals surface area contributed by atoms with E-state index in [4.69, 9.17) is 4.42 Å². The average Bonchev–Trinajstić information content (AvgIpc) is 3.33. The monoisotopic (exact) mass is 444 g/mol. The molecule has 0 spiro atoms.